The summed E-state index contributed by atoms with van der Waals surface area (Å²) in [5.41, 5.74) is 0. The molecule has 0 unspecified atom stereocenters. The number of rotatable bonds is 3. The second kappa shape index (κ2) is 5.05. The topological polar surface area (TPSA) is 46.2 Å². The monoisotopic (exact) mass is 245 g/mol. The Hall–Kier alpha value is -0.0900. The number of sulfone groups is 1. The molecule has 3 nitrogen and oxygen atoms in total. The average molecular weight is 245 g/mol. The average Bonchev–Trinajstić information content (AvgIpc) is 2.74. The quantitative estimate of drug-likeness (QED) is 0.823. The SMILES string of the molecule is C[C@@H](NC1CCS(=O)(=O)CC1)C1CCCC1. The van der Waals surface area contributed by atoms with Crippen molar-refractivity contribution in [2.75, 3.05) is 11.5 Å². The second-order valence-corrected chi connectivity index (χ2v) is 7.73. The van der Waals surface area contributed by atoms with Crippen LogP contribution in [0.3, 0.4) is 0 Å². The lowest BCUT2D eigenvalue weighted by Crippen LogP contribution is -2.44. The fourth-order valence-corrected chi connectivity index (χ4v) is 4.51. The van der Waals surface area contributed by atoms with Crippen molar-refractivity contribution in [1.82, 2.24) is 5.32 Å². The minimum Gasteiger partial charge on any atom is -0.311 e. The largest absolute Gasteiger partial charge is 0.311 e. The fourth-order valence-electron chi connectivity index (χ4n) is 3.02. The van der Waals surface area contributed by atoms with Crippen molar-refractivity contribution in [3.05, 3.63) is 0 Å². The maximum Gasteiger partial charge on any atom is 0.150 e. The van der Waals surface area contributed by atoms with E-state index in [0.29, 0.717) is 23.6 Å². The van der Waals surface area contributed by atoms with Gasteiger partial charge in [0, 0.05) is 12.1 Å². The zero-order chi connectivity index (χ0) is 11.6. The summed E-state index contributed by atoms with van der Waals surface area (Å²) in [4.78, 5) is 0. The molecule has 1 aliphatic heterocycles. The Kier molecular flexibility index (Phi) is 3.90. The van der Waals surface area contributed by atoms with Crippen LogP contribution in [0.1, 0.15) is 45.4 Å². The van der Waals surface area contributed by atoms with Crippen LogP contribution < -0.4 is 5.32 Å². The first-order valence-electron chi connectivity index (χ1n) is 6.53. The minimum absolute atomic E-state index is 0.377. The van der Waals surface area contributed by atoms with Gasteiger partial charge in [-0.2, -0.15) is 0 Å². The summed E-state index contributed by atoms with van der Waals surface area (Å²) in [6.45, 7) is 2.26. The van der Waals surface area contributed by atoms with Gasteiger partial charge in [-0.3, -0.25) is 0 Å². The summed E-state index contributed by atoms with van der Waals surface area (Å²) in [6.07, 6.45) is 7.04. The van der Waals surface area contributed by atoms with Crippen LogP contribution in [0.5, 0.6) is 0 Å². The van der Waals surface area contributed by atoms with Gasteiger partial charge >= 0.3 is 0 Å². The molecule has 16 heavy (non-hydrogen) atoms. The van der Waals surface area contributed by atoms with Crippen molar-refractivity contribution in [3.8, 4) is 0 Å². The first-order valence-corrected chi connectivity index (χ1v) is 8.35. The molecule has 4 heteroatoms. The van der Waals surface area contributed by atoms with E-state index in [-0.39, 0.29) is 0 Å². The molecule has 0 aromatic carbocycles. The van der Waals surface area contributed by atoms with E-state index in [1.807, 2.05) is 0 Å². The van der Waals surface area contributed by atoms with Crippen LogP contribution in [0.4, 0.5) is 0 Å². The van der Waals surface area contributed by atoms with E-state index in [0.717, 1.165) is 18.8 Å². The first-order chi connectivity index (χ1) is 7.57. The Bertz CT molecular complexity index is 306. The van der Waals surface area contributed by atoms with Crippen LogP contribution in [0.15, 0.2) is 0 Å². The minimum atomic E-state index is -2.71. The van der Waals surface area contributed by atoms with Crippen molar-refractivity contribution in [1.29, 1.82) is 0 Å². The van der Waals surface area contributed by atoms with Gasteiger partial charge in [0.25, 0.3) is 0 Å². The Labute approximate surface area is 98.9 Å². The molecule has 1 saturated heterocycles. The van der Waals surface area contributed by atoms with Crippen LogP contribution in [0.2, 0.25) is 0 Å². The molecule has 94 valence electrons. The molecule has 0 bridgehead atoms. The van der Waals surface area contributed by atoms with E-state index in [4.69, 9.17) is 0 Å². The standard InChI is InChI=1S/C12H23NO2S/c1-10(11-4-2-3-5-11)13-12-6-8-16(14,15)9-7-12/h10-13H,2-9H2,1H3/t10-/m1/s1. The molecule has 1 aliphatic carbocycles. The summed E-state index contributed by atoms with van der Waals surface area (Å²) in [5, 5.41) is 3.63. The van der Waals surface area contributed by atoms with Crippen LogP contribution in [0.25, 0.3) is 0 Å². The molecule has 0 amide bonds. The highest BCUT2D eigenvalue weighted by Crippen LogP contribution is 2.28. The third kappa shape index (κ3) is 3.20. The summed E-state index contributed by atoms with van der Waals surface area (Å²) in [5.74, 6) is 1.57. The predicted molar refractivity (Wildman–Crippen MR) is 66.2 cm³/mol. The van der Waals surface area contributed by atoms with E-state index < -0.39 is 9.84 Å². The molecule has 0 aromatic rings. The third-order valence-electron chi connectivity index (χ3n) is 4.16. The van der Waals surface area contributed by atoms with Gasteiger partial charge in [-0.05, 0) is 38.5 Å². The van der Waals surface area contributed by atoms with Crippen LogP contribution in [-0.4, -0.2) is 32.0 Å². The van der Waals surface area contributed by atoms with Gasteiger partial charge in [-0.25, -0.2) is 8.42 Å². The van der Waals surface area contributed by atoms with Crippen molar-refractivity contribution in [2.24, 2.45) is 5.92 Å². The van der Waals surface area contributed by atoms with E-state index in [1.54, 1.807) is 0 Å². The maximum atomic E-state index is 11.3. The number of hydrogen-bond donors (Lipinski definition) is 1. The highest BCUT2D eigenvalue weighted by molar-refractivity contribution is 7.91. The molecule has 2 rings (SSSR count). The first kappa shape index (κ1) is 12.4. The normalized spacial score (nSPS) is 29.3. The van der Waals surface area contributed by atoms with Gasteiger partial charge in [-0.1, -0.05) is 12.8 Å². The predicted octanol–water partition coefficient (Wildman–Crippen LogP) is 1.73. The molecule has 2 aliphatic rings. The number of hydrogen-bond acceptors (Lipinski definition) is 3. The van der Waals surface area contributed by atoms with E-state index in [9.17, 15) is 8.42 Å². The molecular weight excluding hydrogens is 222 g/mol. The Morgan fingerprint density at radius 3 is 2.19 bits per heavy atom. The molecule has 1 N–H and O–H groups in total. The lowest BCUT2D eigenvalue weighted by Gasteiger charge is -2.29. The Morgan fingerprint density at radius 2 is 1.62 bits per heavy atom. The van der Waals surface area contributed by atoms with Crippen LogP contribution >= 0.6 is 0 Å². The molecular formula is C12H23NO2S. The van der Waals surface area contributed by atoms with Gasteiger partial charge in [0.05, 0.1) is 11.5 Å². The highest BCUT2D eigenvalue weighted by Gasteiger charge is 2.27. The zero-order valence-electron chi connectivity index (χ0n) is 10.1. The van der Waals surface area contributed by atoms with Crippen molar-refractivity contribution in [3.63, 3.8) is 0 Å². The molecule has 1 saturated carbocycles. The van der Waals surface area contributed by atoms with Gasteiger partial charge in [0.2, 0.25) is 0 Å². The molecule has 1 heterocycles. The summed E-state index contributed by atoms with van der Waals surface area (Å²) in [7, 11) is -2.71. The summed E-state index contributed by atoms with van der Waals surface area (Å²) in [6, 6.07) is 0.993. The van der Waals surface area contributed by atoms with E-state index >= 15 is 0 Å². The summed E-state index contributed by atoms with van der Waals surface area (Å²) < 4.78 is 22.6. The zero-order valence-corrected chi connectivity index (χ0v) is 10.9. The lowest BCUT2D eigenvalue weighted by molar-refractivity contribution is 0.327. The van der Waals surface area contributed by atoms with Gasteiger partial charge in [0.15, 0.2) is 0 Å². The maximum absolute atomic E-state index is 11.3. The van der Waals surface area contributed by atoms with Crippen LogP contribution in [0, 0.1) is 5.92 Å². The molecule has 0 spiro atoms. The Morgan fingerprint density at radius 1 is 1.06 bits per heavy atom. The third-order valence-corrected chi connectivity index (χ3v) is 5.88. The van der Waals surface area contributed by atoms with Crippen LogP contribution in [-0.2, 0) is 9.84 Å². The smallest absolute Gasteiger partial charge is 0.150 e. The van der Waals surface area contributed by atoms with E-state index in [2.05, 4.69) is 12.2 Å². The molecule has 0 aromatic heterocycles. The Balaban J connectivity index is 1.77. The summed E-state index contributed by atoms with van der Waals surface area (Å²) >= 11 is 0. The highest BCUT2D eigenvalue weighted by atomic mass is 32.2. The molecule has 2 fully saturated rings. The lowest BCUT2D eigenvalue weighted by atomic mass is 9.98. The van der Waals surface area contributed by atoms with Crippen molar-refractivity contribution >= 4 is 9.84 Å². The van der Waals surface area contributed by atoms with Gasteiger partial charge < -0.3 is 5.32 Å². The molecule has 1 atom stereocenters. The van der Waals surface area contributed by atoms with Crippen molar-refractivity contribution < 1.29 is 8.42 Å². The van der Waals surface area contributed by atoms with Gasteiger partial charge in [0.1, 0.15) is 9.84 Å². The molecule has 0 radical (unpaired) electrons. The number of nitrogens with one attached hydrogen (secondary N) is 1. The van der Waals surface area contributed by atoms with Gasteiger partial charge in [-0.15, -0.1) is 0 Å². The van der Waals surface area contributed by atoms with E-state index in [1.165, 1.54) is 25.7 Å². The second-order valence-electron chi connectivity index (χ2n) is 5.43. The fraction of sp³-hybridized carbons (Fsp3) is 1.00. The van der Waals surface area contributed by atoms with Crippen molar-refractivity contribution in [2.45, 2.75) is 57.5 Å².